The molecule has 0 aliphatic carbocycles. The van der Waals surface area contributed by atoms with Crippen LogP contribution in [0.3, 0.4) is 0 Å². The summed E-state index contributed by atoms with van der Waals surface area (Å²) in [6.07, 6.45) is 0.0798. The Morgan fingerprint density at radius 1 is 1.47 bits per heavy atom. The molecule has 0 fully saturated rings. The van der Waals surface area contributed by atoms with Crippen LogP contribution in [0.25, 0.3) is 0 Å². The SMILES string of the molecule is COC(=O)C[C@H](NC(C)=O)c1cccc(Cl)c1. The van der Waals surface area contributed by atoms with Crippen LogP contribution in [0.15, 0.2) is 24.3 Å². The molecule has 0 aliphatic rings. The van der Waals surface area contributed by atoms with Crippen molar-refractivity contribution in [3.63, 3.8) is 0 Å². The van der Waals surface area contributed by atoms with Crippen LogP contribution in [0.2, 0.25) is 5.02 Å². The van der Waals surface area contributed by atoms with Crippen molar-refractivity contribution >= 4 is 23.5 Å². The first-order chi connectivity index (χ1) is 8.02. The van der Waals surface area contributed by atoms with Gasteiger partial charge in [0.25, 0.3) is 0 Å². The van der Waals surface area contributed by atoms with Crippen molar-refractivity contribution in [1.29, 1.82) is 0 Å². The summed E-state index contributed by atoms with van der Waals surface area (Å²) in [6, 6.07) is 6.59. The van der Waals surface area contributed by atoms with Crippen LogP contribution in [-0.4, -0.2) is 19.0 Å². The predicted molar refractivity (Wildman–Crippen MR) is 64.6 cm³/mol. The van der Waals surface area contributed by atoms with E-state index in [0.717, 1.165) is 5.56 Å². The lowest BCUT2D eigenvalue weighted by Crippen LogP contribution is -2.28. The van der Waals surface area contributed by atoms with Gasteiger partial charge in [0.2, 0.25) is 5.91 Å². The van der Waals surface area contributed by atoms with Crippen molar-refractivity contribution in [2.24, 2.45) is 0 Å². The number of benzene rings is 1. The van der Waals surface area contributed by atoms with E-state index in [1.165, 1.54) is 14.0 Å². The smallest absolute Gasteiger partial charge is 0.307 e. The van der Waals surface area contributed by atoms with Crippen LogP contribution in [-0.2, 0) is 14.3 Å². The van der Waals surface area contributed by atoms with Gasteiger partial charge in [0, 0.05) is 11.9 Å². The minimum atomic E-state index is -0.418. The first kappa shape index (κ1) is 13.5. The average molecular weight is 256 g/mol. The molecular weight excluding hydrogens is 242 g/mol. The van der Waals surface area contributed by atoms with Gasteiger partial charge in [-0.15, -0.1) is 0 Å². The maximum absolute atomic E-state index is 11.3. The fraction of sp³-hybridized carbons (Fsp3) is 0.333. The summed E-state index contributed by atoms with van der Waals surface area (Å²) >= 11 is 5.87. The highest BCUT2D eigenvalue weighted by Crippen LogP contribution is 2.20. The summed E-state index contributed by atoms with van der Waals surface area (Å²) in [5.74, 6) is -0.595. The van der Waals surface area contributed by atoms with Crippen molar-refractivity contribution < 1.29 is 14.3 Å². The Hall–Kier alpha value is -1.55. The molecule has 0 unspecified atom stereocenters. The van der Waals surface area contributed by atoms with E-state index in [2.05, 4.69) is 10.1 Å². The minimum Gasteiger partial charge on any atom is -0.469 e. The molecule has 1 amide bonds. The number of hydrogen-bond donors (Lipinski definition) is 1. The number of rotatable bonds is 4. The fourth-order valence-electron chi connectivity index (χ4n) is 1.47. The fourth-order valence-corrected chi connectivity index (χ4v) is 1.67. The number of hydrogen-bond acceptors (Lipinski definition) is 3. The number of ether oxygens (including phenoxy) is 1. The molecule has 0 spiro atoms. The van der Waals surface area contributed by atoms with Gasteiger partial charge < -0.3 is 10.1 Å². The largest absolute Gasteiger partial charge is 0.469 e. The second-order valence-corrected chi connectivity index (χ2v) is 4.02. The summed E-state index contributed by atoms with van der Waals surface area (Å²) in [5, 5.41) is 3.25. The van der Waals surface area contributed by atoms with E-state index in [9.17, 15) is 9.59 Å². The lowest BCUT2D eigenvalue weighted by molar-refractivity contribution is -0.141. The molecule has 1 aromatic carbocycles. The third-order valence-electron chi connectivity index (χ3n) is 2.23. The Morgan fingerprint density at radius 3 is 2.71 bits per heavy atom. The normalized spacial score (nSPS) is 11.7. The van der Waals surface area contributed by atoms with E-state index in [1.54, 1.807) is 24.3 Å². The maximum atomic E-state index is 11.3. The molecular formula is C12H14ClNO3. The molecule has 92 valence electrons. The number of carbonyl (C=O) groups is 2. The molecule has 4 nitrogen and oxygen atoms in total. The topological polar surface area (TPSA) is 55.4 Å². The van der Waals surface area contributed by atoms with Crippen LogP contribution >= 0.6 is 11.6 Å². The quantitative estimate of drug-likeness (QED) is 0.838. The molecule has 0 aromatic heterocycles. The van der Waals surface area contributed by atoms with Gasteiger partial charge in [-0.3, -0.25) is 9.59 Å². The van der Waals surface area contributed by atoms with Gasteiger partial charge in [-0.05, 0) is 17.7 Å². The lowest BCUT2D eigenvalue weighted by atomic mass is 10.0. The predicted octanol–water partition coefficient (Wildman–Crippen LogP) is 2.08. The van der Waals surface area contributed by atoms with Gasteiger partial charge in [0.1, 0.15) is 0 Å². The molecule has 1 N–H and O–H groups in total. The van der Waals surface area contributed by atoms with Crippen molar-refractivity contribution in [2.45, 2.75) is 19.4 Å². The first-order valence-corrected chi connectivity index (χ1v) is 5.50. The molecule has 1 aromatic rings. The van der Waals surface area contributed by atoms with Crippen molar-refractivity contribution in [3.8, 4) is 0 Å². The van der Waals surface area contributed by atoms with E-state index in [4.69, 9.17) is 11.6 Å². The maximum Gasteiger partial charge on any atom is 0.307 e. The van der Waals surface area contributed by atoms with Gasteiger partial charge in [-0.1, -0.05) is 23.7 Å². The van der Waals surface area contributed by atoms with E-state index in [0.29, 0.717) is 5.02 Å². The summed E-state index contributed by atoms with van der Waals surface area (Å²) in [7, 11) is 1.31. The highest BCUT2D eigenvalue weighted by atomic mass is 35.5. The number of nitrogens with one attached hydrogen (secondary N) is 1. The zero-order chi connectivity index (χ0) is 12.8. The Morgan fingerprint density at radius 2 is 2.18 bits per heavy atom. The number of methoxy groups -OCH3 is 1. The Labute approximate surface area is 105 Å². The van der Waals surface area contributed by atoms with E-state index < -0.39 is 6.04 Å². The Balaban J connectivity index is 2.89. The first-order valence-electron chi connectivity index (χ1n) is 5.12. The van der Waals surface area contributed by atoms with E-state index in [-0.39, 0.29) is 18.3 Å². The van der Waals surface area contributed by atoms with Crippen molar-refractivity contribution in [1.82, 2.24) is 5.32 Å². The van der Waals surface area contributed by atoms with Gasteiger partial charge in [-0.25, -0.2) is 0 Å². The number of esters is 1. The molecule has 0 bridgehead atoms. The third kappa shape index (κ3) is 4.44. The number of halogens is 1. The number of amides is 1. The minimum absolute atomic E-state index is 0.0798. The van der Waals surface area contributed by atoms with Crippen molar-refractivity contribution in [2.75, 3.05) is 7.11 Å². The zero-order valence-corrected chi connectivity index (χ0v) is 10.5. The summed E-state index contributed by atoms with van der Waals surface area (Å²) in [5.41, 5.74) is 0.776. The van der Waals surface area contributed by atoms with Gasteiger partial charge >= 0.3 is 5.97 Å². The molecule has 1 rings (SSSR count). The molecule has 0 saturated carbocycles. The molecule has 1 atom stereocenters. The van der Waals surface area contributed by atoms with Crippen molar-refractivity contribution in [3.05, 3.63) is 34.9 Å². The zero-order valence-electron chi connectivity index (χ0n) is 9.70. The van der Waals surface area contributed by atoms with Crippen LogP contribution < -0.4 is 5.32 Å². The van der Waals surface area contributed by atoms with Gasteiger partial charge in [0.15, 0.2) is 0 Å². The highest BCUT2D eigenvalue weighted by molar-refractivity contribution is 6.30. The standard InChI is InChI=1S/C12H14ClNO3/c1-8(15)14-11(7-12(16)17-2)9-4-3-5-10(13)6-9/h3-6,11H,7H2,1-2H3,(H,14,15)/t11-/m0/s1. The van der Waals surface area contributed by atoms with Gasteiger partial charge in [0.05, 0.1) is 19.6 Å². The molecule has 5 heteroatoms. The van der Waals surface area contributed by atoms with E-state index in [1.807, 2.05) is 0 Å². The molecule has 17 heavy (non-hydrogen) atoms. The molecule has 0 radical (unpaired) electrons. The second kappa shape index (κ2) is 6.25. The summed E-state index contributed by atoms with van der Waals surface area (Å²) in [4.78, 5) is 22.3. The van der Waals surface area contributed by atoms with Crippen LogP contribution in [0.1, 0.15) is 24.9 Å². The average Bonchev–Trinajstić information content (AvgIpc) is 2.27. The Kier molecular flexibility index (Phi) is 4.97. The van der Waals surface area contributed by atoms with Crippen LogP contribution in [0, 0.1) is 0 Å². The van der Waals surface area contributed by atoms with Crippen LogP contribution in [0.5, 0.6) is 0 Å². The third-order valence-corrected chi connectivity index (χ3v) is 2.46. The van der Waals surface area contributed by atoms with Gasteiger partial charge in [-0.2, -0.15) is 0 Å². The summed E-state index contributed by atoms with van der Waals surface area (Å²) in [6.45, 7) is 1.40. The number of carbonyl (C=O) groups excluding carboxylic acids is 2. The summed E-state index contributed by atoms with van der Waals surface area (Å²) < 4.78 is 4.59. The monoisotopic (exact) mass is 255 g/mol. The molecule has 0 aliphatic heterocycles. The second-order valence-electron chi connectivity index (χ2n) is 3.59. The molecule has 0 saturated heterocycles. The highest BCUT2D eigenvalue weighted by Gasteiger charge is 2.17. The Bertz CT molecular complexity index is 420. The lowest BCUT2D eigenvalue weighted by Gasteiger charge is -2.17. The molecule has 0 heterocycles. The van der Waals surface area contributed by atoms with Crippen LogP contribution in [0.4, 0.5) is 0 Å². The van der Waals surface area contributed by atoms with E-state index >= 15 is 0 Å².